The second kappa shape index (κ2) is 3.31. The second-order valence-corrected chi connectivity index (χ2v) is 4.17. The predicted molar refractivity (Wildman–Crippen MR) is 57.4 cm³/mol. The van der Waals surface area contributed by atoms with E-state index in [0.29, 0.717) is 11.1 Å². The zero-order valence-corrected chi connectivity index (χ0v) is 9.01. The van der Waals surface area contributed by atoms with Gasteiger partial charge in [-0.2, -0.15) is 0 Å². The SMILES string of the molecule is CC(C)(O)c1ccn2cnc(C(=O)O)c2c1. The maximum Gasteiger partial charge on any atom is 0.356 e. The first-order valence-electron chi connectivity index (χ1n) is 4.82. The summed E-state index contributed by atoms with van der Waals surface area (Å²) in [6, 6.07) is 3.37. The van der Waals surface area contributed by atoms with Crippen LogP contribution in [0.25, 0.3) is 5.52 Å². The van der Waals surface area contributed by atoms with E-state index in [1.54, 1.807) is 36.6 Å². The van der Waals surface area contributed by atoms with Crippen LogP contribution in [0, 0.1) is 0 Å². The minimum Gasteiger partial charge on any atom is -0.476 e. The molecule has 2 N–H and O–H groups in total. The minimum absolute atomic E-state index is 0.00824. The Morgan fingerprint density at radius 3 is 2.75 bits per heavy atom. The summed E-state index contributed by atoms with van der Waals surface area (Å²) in [4.78, 5) is 14.7. The van der Waals surface area contributed by atoms with E-state index in [4.69, 9.17) is 5.11 Å². The van der Waals surface area contributed by atoms with Crippen LogP contribution < -0.4 is 0 Å². The number of hydrogen-bond acceptors (Lipinski definition) is 3. The van der Waals surface area contributed by atoms with Gasteiger partial charge in [0.2, 0.25) is 0 Å². The Bertz CT molecular complexity index is 552. The minimum atomic E-state index is -1.07. The Hall–Kier alpha value is -1.88. The highest BCUT2D eigenvalue weighted by Gasteiger charge is 2.18. The molecule has 0 aromatic carbocycles. The number of carboxylic acids is 1. The third kappa shape index (κ3) is 1.65. The smallest absolute Gasteiger partial charge is 0.356 e. The van der Waals surface area contributed by atoms with Crippen LogP contribution in [0.3, 0.4) is 0 Å². The van der Waals surface area contributed by atoms with E-state index in [-0.39, 0.29) is 5.69 Å². The number of aromatic carboxylic acids is 1. The van der Waals surface area contributed by atoms with Gasteiger partial charge >= 0.3 is 5.97 Å². The molecule has 0 saturated heterocycles. The summed E-state index contributed by atoms with van der Waals surface area (Å²) in [7, 11) is 0. The van der Waals surface area contributed by atoms with E-state index in [2.05, 4.69) is 4.98 Å². The number of hydrogen-bond donors (Lipinski definition) is 2. The fourth-order valence-electron chi connectivity index (χ4n) is 1.53. The summed E-state index contributed by atoms with van der Waals surface area (Å²) in [5.41, 5.74) is 0.128. The van der Waals surface area contributed by atoms with E-state index in [0.717, 1.165) is 0 Å². The summed E-state index contributed by atoms with van der Waals surface area (Å²) in [5.74, 6) is -1.07. The van der Waals surface area contributed by atoms with E-state index < -0.39 is 11.6 Å². The van der Waals surface area contributed by atoms with Crippen LogP contribution in [-0.2, 0) is 5.60 Å². The zero-order chi connectivity index (χ0) is 11.9. The van der Waals surface area contributed by atoms with E-state index >= 15 is 0 Å². The molecule has 2 heterocycles. The quantitative estimate of drug-likeness (QED) is 0.799. The Morgan fingerprint density at radius 1 is 1.50 bits per heavy atom. The number of aliphatic hydroxyl groups is 1. The third-order valence-corrected chi connectivity index (χ3v) is 2.45. The van der Waals surface area contributed by atoms with Crippen LogP contribution in [0.2, 0.25) is 0 Å². The van der Waals surface area contributed by atoms with Gasteiger partial charge in [0.15, 0.2) is 5.69 Å². The molecule has 0 aliphatic rings. The van der Waals surface area contributed by atoms with Gasteiger partial charge < -0.3 is 14.6 Å². The normalized spacial score (nSPS) is 11.9. The molecular formula is C11H12N2O3. The first kappa shape index (κ1) is 10.6. The summed E-state index contributed by atoms with van der Waals surface area (Å²) >= 11 is 0. The highest BCUT2D eigenvalue weighted by molar-refractivity contribution is 5.93. The van der Waals surface area contributed by atoms with E-state index in [1.807, 2.05) is 0 Å². The number of pyridine rings is 1. The van der Waals surface area contributed by atoms with Crippen LogP contribution in [0.15, 0.2) is 24.7 Å². The maximum atomic E-state index is 10.9. The lowest BCUT2D eigenvalue weighted by atomic mass is 9.99. The number of carboxylic acid groups (broad SMARTS) is 1. The molecule has 2 aromatic rings. The largest absolute Gasteiger partial charge is 0.476 e. The van der Waals surface area contributed by atoms with Gasteiger partial charge in [-0.05, 0) is 31.5 Å². The Kier molecular flexibility index (Phi) is 2.20. The lowest BCUT2D eigenvalue weighted by Crippen LogP contribution is -2.15. The molecule has 5 heteroatoms. The first-order valence-corrected chi connectivity index (χ1v) is 4.82. The van der Waals surface area contributed by atoms with Crippen LogP contribution in [0.5, 0.6) is 0 Å². The van der Waals surface area contributed by atoms with Crippen LogP contribution in [0.4, 0.5) is 0 Å². The van der Waals surface area contributed by atoms with Gasteiger partial charge in [0.1, 0.15) is 6.33 Å². The highest BCUT2D eigenvalue weighted by Crippen LogP contribution is 2.22. The van der Waals surface area contributed by atoms with Gasteiger partial charge in [-0.3, -0.25) is 0 Å². The van der Waals surface area contributed by atoms with Gasteiger partial charge in [0, 0.05) is 6.20 Å². The molecule has 0 atom stereocenters. The van der Waals surface area contributed by atoms with Crippen molar-refractivity contribution in [3.63, 3.8) is 0 Å². The Balaban J connectivity index is 2.68. The molecule has 0 spiro atoms. The number of imidazole rings is 1. The van der Waals surface area contributed by atoms with Crippen molar-refractivity contribution in [3.8, 4) is 0 Å². The first-order chi connectivity index (χ1) is 7.39. The lowest BCUT2D eigenvalue weighted by molar-refractivity contribution is 0.0691. The van der Waals surface area contributed by atoms with Gasteiger partial charge in [-0.1, -0.05) is 0 Å². The molecule has 0 aliphatic heterocycles. The van der Waals surface area contributed by atoms with Crippen LogP contribution >= 0.6 is 0 Å². The van der Waals surface area contributed by atoms with Crippen molar-refractivity contribution in [2.45, 2.75) is 19.4 Å². The molecule has 84 valence electrons. The molecule has 0 saturated carbocycles. The molecule has 16 heavy (non-hydrogen) atoms. The van der Waals surface area contributed by atoms with Crippen molar-refractivity contribution in [1.82, 2.24) is 9.38 Å². The third-order valence-electron chi connectivity index (χ3n) is 2.45. The van der Waals surface area contributed by atoms with E-state index in [9.17, 15) is 9.90 Å². The van der Waals surface area contributed by atoms with Gasteiger partial charge in [0.25, 0.3) is 0 Å². The van der Waals surface area contributed by atoms with Crippen molar-refractivity contribution < 1.29 is 15.0 Å². The molecule has 0 bridgehead atoms. The molecular weight excluding hydrogens is 208 g/mol. The second-order valence-electron chi connectivity index (χ2n) is 4.17. The summed E-state index contributed by atoms with van der Waals surface area (Å²) in [6.07, 6.45) is 3.12. The summed E-state index contributed by atoms with van der Waals surface area (Å²) in [6.45, 7) is 3.30. The Labute approximate surface area is 92.0 Å². The molecule has 0 unspecified atom stereocenters. The predicted octanol–water partition coefficient (Wildman–Crippen LogP) is 1.26. The number of fused-ring (bicyclic) bond motifs is 1. The van der Waals surface area contributed by atoms with Gasteiger partial charge in [-0.25, -0.2) is 9.78 Å². The van der Waals surface area contributed by atoms with Gasteiger partial charge in [0.05, 0.1) is 11.1 Å². The number of aromatic nitrogens is 2. The van der Waals surface area contributed by atoms with Crippen molar-refractivity contribution in [3.05, 3.63) is 35.9 Å². The van der Waals surface area contributed by atoms with Crippen molar-refractivity contribution in [2.75, 3.05) is 0 Å². The van der Waals surface area contributed by atoms with Crippen molar-refractivity contribution in [2.24, 2.45) is 0 Å². The zero-order valence-electron chi connectivity index (χ0n) is 9.01. The lowest BCUT2D eigenvalue weighted by Gasteiger charge is -2.17. The van der Waals surface area contributed by atoms with Crippen LogP contribution in [-0.4, -0.2) is 25.6 Å². The molecule has 0 fully saturated rings. The van der Waals surface area contributed by atoms with Crippen molar-refractivity contribution >= 4 is 11.5 Å². The summed E-state index contributed by atoms with van der Waals surface area (Å²) < 4.78 is 1.61. The fraction of sp³-hybridized carbons (Fsp3) is 0.273. The summed E-state index contributed by atoms with van der Waals surface area (Å²) in [5, 5.41) is 18.8. The molecule has 0 radical (unpaired) electrons. The van der Waals surface area contributed by atoms with E-state index in [1.165, 1.54) is 6.33 Å². The monoisotopic (exact) mass is 220 g/mol. The molecule has 5 nitrogen and oxygen atoms in total. The average Bonchev–Trinajstić information content (AvgIpc) is 2.58. The maximum absolute atomic E-state index is 10.9. The van der Waals surface area contributed by atoms with Gasteiger partial charge in [-0.15, -0.1) is 0 Å². The number of carbonyl (C=O) groups is 1. The number of nitrogens with zero attached hydrogens (tertiary/aromatic N) is 2. The molecule has 2 aromatic heterocycles. The van der Waals surface area contributed by atoms with Crippen molar-refractivity contribution in [1.29, 1.82) is 0 Å². The highest BCUT2D eigenvalue weighted by atomic mass is 16.4. The van der Waals surface area contributed by atoms with Crippen LogP contribution in [0.1, 0.15) is 29.9 Å². The molecule has 0 amide bonds. The standard InChI is InChI=1S/C11H12N2O3/c1-11(2,16)7-3-4-13-6-12-9(10(14)15)8(13)5-7/h3-6,16H,1-2H3,(H,14,15). The molecule has 2 rings (SSSR count). The average molecular weight is 220 g/mol. The number of rotatable bonds is 2. The molecule has 0 aliphatic carbocycles. The topological polar surface area (TPSA) is 74.8 Å². The fourth-order valence-corrected chi connectivity index (χ4v) is 1.53. The Morgan fingerprint density at radius 2 is 2.19 bits per heavy atom.